The van der Waals surface area contributed by atoms with Crippen LogP contribution in [-0.4, -0.2) is 39.8 Å². The second-order valence-electron chi connectivity index (χ2n) is 4.31. The molecular formula is C15H26IN3O2. The van der Waals surface area contributed by atoms with E-state index in [0.29, 0.717) is 6.61 Å². The Morgan fingerprint density at radius 2 is 1.90 bits per heavy atom. The Kier molecular flexibility index (Phi) is 11.8. The Labute approximate surface area is 144 Å². The summed E-state index contributed by atoms with van der Waals surface area (Å²) in [5.41, 5.74) is 0. The van der Waals surface area contributed by atoms with E-state index in [1.165, 1.54) is 0 Å². The van der Waals surface area contributed by atoms with Crippen molar-refractivity contribution in [2.24, 2.45) is 4.99 Å². The van der Waals surface area contributed by atoms with Crippen LogP contribution in [0.5, 0.6) is 11.5 Å². The highest BCUT2D eigenvalue weighted by molar-refractivity contribution is 14.0. The molecule has 0 amide bonds. The molecule has 0 fully saturated rings. The van der Waals surface area contributed by atoms with Gasteiger partial charge in [-0.2, -0.15) is 0 Å². The van der Waals surface area contributed by atoms with E-state index in [1.54, 1.807) is 14.2 Å². The highest BCUT2D eigenvalue weighted by Gasteiger charge is 1.98. The molecule has 0 saturated carbocycles. The predicted molar refractivity (Wildman–Crippen MR) is 98.2 cm³/mol. The first-order valence-corrected chi connectivity index (χ1v) is 7.01. The molecule has 0 unspecified atom stereocenters. The van der Waals surface area contributed by atoms with Crippen LogP contribution in [-0.2, 0) is 0 Å². The fourth-order valence-electron chi connectivity index (χ4n) is 1.62. The number of rotatable bonds is 8. The third-order valence-electron chi connectivity index (χ3n) is 2.69. The summed E-state index contributed by atoms with van der Waals surface area (Å²) in [5.74, 6) is 2.48. The maximum Gasteiger partial charge on any atom is 0.190 e. The van der Waals surface area contributed by atoms with Gasteiger partial charge in [0.2, 0.25) is 0 Å². The molecule has 5 nitrogen and oxygen atoms in total. The number of halogens is 1. The SMILES string of the molecule is CCCNC(=NC)NCCCOc1cccc(OC)c1.I. The summed E-state index contributed by atoms with van der Waals surface area (Å²) in [6.07, 6.45) is 1.99. The molecule has 0 aliphatic carbocycles. The number of hydrogen-bond acceptors (Lipinski definition) is 3. The minimum absolute atomic E-state index is 0. The third-order valence-corrected chi connectivity index (χ3v) is 2.69. The third kappa shape index (κ3) is 8.64. The van der Waals surface area contributed by atoms with Crippen molar-refractivity contribution in [3.8, 4) is 11.5 Å². The van der Waals surface area contributed by atoms with Crippen molar-refractivity contribution in [2.75, 3.05) is 33.9 Å². The molecule has 0 radical (unpaired) electrons. The van der Waals surface area contributed by atoms with E-state index in [4.69, 9.17) is 9.47 Å². The van der Waals surface area contributed by atoms with Crippen LogP contribution in [0.4, 0.5) is 0 Å². The number of guanidine groups is 1. The van der Waals surface area contributed by atoms with Gasteiger partial charge in [0, 0.05) is 26.2 Å². The van der Waals surface area contributed by atoms with Gasteiger partial charge < -0.3 is 20.1 Å². The fraction of sp³-hybridized carbons (Fsp3) is 0.533. The largest absolute Gasteiger partial charge is 0.497 e. The van der Waals surface area contributed by atoms with Crippen LogP contribution >= 0.6 is 24.0 Å². The number of ether oxygens (including phenoxy) is 2. The maximum atomic E-state index is 5.66. The van der Waals surface area contributed by atoms with Crippen molar-refractivity contribution >= 4 is 29.9 Å². The first-order chi connectivity index (χ1) is 9.80. The highest BCUT2D eigenvalue weighted by Crippen LogP contribution is 2.18. The van der Waals surface area contributed by atoms with Gasteiger partial charge in [-0.1, -0.05) is 13.0 Å². The molecule has 0 saturated heterocycles. The van der Waals surface area contributed by atoms with Crippen LogP contribution in [0.25, 0.3) is 0 Å². The Morgan fingerprint density at radius 1 is 1.19 bits per heavy atom. The second kappa shape index (κ2) is 12.6. The summed E-state index contributed by atoms with van der Waals surface area (Å²) in [7, 11) is 3.43. The van der Waals surface area contributed by atoms with E-state index >= 15 is 0 Å². The van der Waals surface area contributed by atoms with Crippen LogP contribution in [0.3, 0.4) is 0 Å². The second-order valence-corrected chi connectivity index (χ2v) is 4.31. The minimum Gasteiger partial charge on any atom is -0.497 e. The molecule has 6 heteroatoms. The summed E-state index contributed by atoms with van der Waals surface area (Å²) in [4.78, 5) is 4.14. The van der Waals surface area contributed by atoms with Crippen LogP contribution in [0, 0.1) is 0 Å². The van der Waals surface area contributed by atoms with Gasteiger partial charge in [-0.3, -0.25) is 4.99 Å². The van der Waals surface area contributed by atoms with Crippen molar-refractivity contribution in [3.63, 3.8) is 0 Å². The van der Waals surface area contributed by atoms with Gasteiger partial charge >= 0.3 is 0 Å². The average molecular weight is 407 g/mol. The summed E-state index contributed by atoms with van der Waals surface area (Å²) in [6.45, 7) is 4.54. The zero-order chi connectivity index (χ0) is 14.6. The summed E-state index contributed by atoms with van der Waals surface area (Å²) < 4.78 is 10.8. The van der Waals surface area contributed by atoms with Crippen molar-refractivity contribution < 1.29 is 9.47 Å². The highest BCUT2D eigenvalue weighted by atomic mass is 127. The quantitative estimate of drug-likeness (QED) is 0.301. The summed E-state index contributed by atoms with van der Waals surface area (Å²) in [5, 5.41) is 6.47. The molecule has 1 aromatic carbocycles. The monoisotopic (exact) mass is 407 g/mol. The predicted octanol–water partition coefficient (Wildman–Crippen LogP) is 2.66. The molecule has 120 valence electrons. The van der Waals surface area contributed by atoms with Crippen molar-refractivity contribution in [1.82, 2.24) is 10.6 Å². The topological polar surface area (TPSA) is 54.9 Å². The van der Waals surface area contributed by atoms with Crippen LogP contribution in [0.1, 0.15) is 19.8 Å². The summed E-state index contributed by atoms with van der Waals surface area (Å²) in [6, 6.07) is 7.63. The number of methoxy groups -OCH3 is 1. The maximum absolute atomic E-state index is 5.66. The summed E-state index contributed by atoms with van der Waals surface area (Å²) >= 11 is 0. The molecule has 1 rings (SSSR count). The van der Waals surface area contributed by atoms with Crippen molar-refractivity contribution in [3.05, 3.63) is 24.3 Å². The molecular weight excluding hydrogens is 381 g/mol. The number of nitrogens with zero attached hydrogens (tertiary/aromatic N) is 1. The Hall–Kier alpha value is -1.18. The Balaban J connectivity index is 0.00000400. The Morgan fingerprint density at radius 3 is 2.57 bits per heavy atom. The van der Waals surface area contributed by atoms with E-state index in [1.807, 2.05) is 24.3 Å². The van der Waals surface area contributed by atoms with Gasteiger partial charge in [0.25, 0.3) is 0 Å². The molecule has 0 atom stereocenters. The van der Waals surface area contributed by atoms with E-state index < -0.39 is 0 Å². The van der Waals surface area contributed by atoms with Gasteiger partial charge in [0.15, 0.2) is 5.96 Å². The molecule has 2 N–H and O–H groups in total. The van der Waals surface area contributed by atoms with Gasteiger partial charge in [-0.15, -0.1) is 24.0 Å². The van der Waals surface area contributed by atoms with Crippen molar-refractivity contribution in [1.29, 1.82) is 0 Å². The van der Waals surface area contributed by atoms with E-state index in [0.717, 1.165) is 43.4 Å². The number of aliphatic imine (C=N–C) groups is 1. The van der Waals surface area contributed by atoms with Gasteiger partial charge in [-0.25, -0.2) is 0 Å². The van der Waals surface area contributed by atoms with E-state index in [2.05, 4.69) is 22.5 Å². The smallest absolute Gasteiger partial charge is 0.190 e. The van der Waals surface area contributed by atoms with Gasteiger partial charge in [-0.05, 0) is 25.0 Å². The van der Waals surface area contributed by atoms with Crippen LogP contribution in [0.2, 0.25) is 0 Å². The number of hydrogen-bond donors (Lipinski definition) is 2. The molecule has 0 aromatic heterocycles. The van der Waals surface area contributed by atoms with Crippen LogP contribution in [0.15, 0.2) is 29.3 Å². The lowest BCUT2D eigenvalue weighted by Gasteiger charge is -2.11. The van der Waals surface area contributed by atoms with Crippen molar-refractivity contribution in [2.45, 2.75) is 19.8 Å². The Bertz CT molecular complexity index is 414. The molecule has 0 bridgehead atoms. The number of benzene rings is 1. The van der Waals surface area contributed by atoms with E-state index in [9.17, 15) is 0 Å². The molecule has 0 aliphatic heterocycles. The first kappa shape index (κ1) is 19.8. The first-order valence-electron chi connectivity index (χ1n) is 7.01. The van der Waals surface area contributed by atoms with Gasteiger partial charge in [0.1, 0.15) is 11.5 Å². The molecule has 0 aliphatic rings. The fourth-order valence-corrected chi connectivity index (χ4v) is 1.62. The zero-order valence-electron chi connectivity index (χ0n) is 13.0. The molecule has 21 heavy (non-hydrogen) atoms. The molecule has 0 spiro atoms. The normalized spacial score (nSPS) is 10.5. The standard InChI is InChI=1S/C15H25N3O2.HI/c1-4-9-17-15(16-2)18-10-6-11-20-14-8-5-7-13(12-14)19-3;/h5,7-8,12H,4,6,9-11H2,1-3H3,(H2,16,17,18);1H. The zero-order valence-corrected chi connectivity index (χ0v) is 15.3. The van der Waals surface area contributed by atoms with Gasteiger partial charge in [0.05, 0.1) is 13.7 Å². The lowest BCUT2D eigenvalue weighted by Crippen LogP contribution is -2.38. The lowest BCUT2D eigenvalue weighted by atomic mass is 10.3. The lowest BCUT2D eigenvalue weighted by molar-refractivity contribution is 0.308. The molecule has 0 heterocycles. The molecule has 1 aromatic rings. The minimum atomic E-state index is 0. The average Bonchev–Trinajstić information content (AvgIpc) is 2.50. The van der Waals surface area contributed by atoms with Crippen LogP contribution < -0.4 is 20.1 Å². The number of nitrogens with one attached hydrogen (secondary N) is 2. The van der Waals surface area contributed by atoms with E-state index in [-0.39, 0.29) is 24.0 Å².